The number of benzene rings is 1. The number of hydrogen-bond donors (Lipinski definition) is 1. The van der Waals surface area contributed by atoms with Gasteiger partial charge < -0.3 is 10.1 Å². The number of aryl methyl sites for hydroxylation is 1. The van der Waals surface area contributed by atoms with Crippen molar-refractivity contribution in [3.8, 4) is 5.75 Å². The van der Waals surface area contributed by atoms with E-state index < -0.39 is 5.91 Å². The average Bonchev–Trinajstić information content (AvgIpc) is 2.43. The lowest BCUT2D eigenvalue weighted by Gasteiger charge is -2.11. The van der Waals surface area contributed by atoms with Gasteiger partial charge in [0.25, 0.3) is 5.91 Å². The van der Waals surface area contributed by atoms with Gasteiger partial charge in [0.1, 0.15) is 17.8 Å². The van der Waals surface area contributed by atoms with Crippen LogP contribution in [0, 0.1) is 6.92 Å². The topological polar surface area (TPSA) is 64.1 Å². The highest BCUT2D eigenvalue weighted by Crippen LogP contribution is 2.28. The quantitative estimate of drug-likeness (QED) is 0.883. The Morgan fingerprint density at radius 3 is 2.50 bits per heavy atom. The highest BCUT2D eigenvalue weighted by Gasteiger charge is 2.16. The summed E-state index contributed by atoms with van der Waals surface area (Å²) in [6.07, 6.45) is 1.22. The minimum absolute atomic E-state index is 0.0740. The minimum Gasteiger partial charge on any atom is -0.496 e. The van der Waals surface area contributed by atoms with Crippen LogP contribution in [0.1, 0.15) is 15.9 Å². The number of carbonyl (C=O) groups is 1. The number of amides is 1. The molecule has 0 saturated carbocycles. The third-order valence-corrected chi connectivity index (χ3v) is 3.17. The standard InChI is InChI=1S/C13H11Cl2N3O2/c1-7-3-4-9(20-2)8(5-7)13(19)18-10-11(14)16-6-17-12(10)15/h3-6H,1-2H3,(H,18,19). The van der Waals surface area contributed by atoms with Gasteiger partial charge in [0.15, 0.2) is 10.3 Å². The summed E-state index contributed by atoms with van der Waals surface area (Å²) in [5.41, 5.74) is 1.48. The predicted octanol–water partition coefficient (Wildman–Crippen LogP) is 3.35. The number of nitrogens with one attached hydrogen (secondary N) is 1. The van der Waals surface area contributed by atoms with Gasteiger partial charge in [-0.25, -0.2) is 9.97 Å². The van der Waals surface area contributed by atoms with Gasteiger partial charge in [-0.1, -0.05) is 34.8 Å². The maximum absolute atomic E-state index is 12.3. The zero-order chi connectivity index (χ0) is 14.7. The van der Waals surface area contributed by atoms with Crippen LogP contribution in [0.3, 0.4) is 0 Å². The number of rotatable bonds is 3. The van der Waals surface area contributed by atoms with Crippen LogP contribution in [0.4, 0.5) is 5.69 Å². The summed E-state index contributed by atoms with van der Waals surface area (Å²) in [5.74, 6) is 0.0568. The van der Waals surface area contributed by atoms with Gasteiger partial charge in [0, 0.05) is 0 Å². The molecule has 1 amide bonds. The van der Waals surface area contributed by atoms with E-state index in [0.717, 1.165) is 5.56 Å². The number of nitrogens with zero attached hydrogens (tertiary/aromatic N) is 2. The molecule has 2 rings (SSSR count). The molecule has 0 spiro atoms. The zero-order valence-electron chi connectivity index (χ0n) is 10.8. The molecule has 7 heteroatoms. The van der Waals surface area contributed by atoms with Crippen molar-refractivity contribution < 1.29 is 9.53 Å². The fourth-order valence-corrected chi connectivity index (χ4v) is 2.04. The highest BCUT2D eigenvalue weighted by atomic mass is 35.5. The van der Waals surface area contributed by atoms with Crippen LogP contribution in [0.2, 0.25) is 10.3 Å². The first-order valence-corrected chi connectivity index (χ1v) is 6.40. The van der Waals surface area contributed by atoms with Crippen molar-refractivity contribution in [2.75, 3.05) is 12.4 Å². The van der Waals surface area contributed by atoms with Crippen molar-refractivity contribution in [3.05, 3.63) is 46.0 Å². The number of halogens is 2. The maximum Gasteiger partial charge on any atom is 0.259 e. The second-order valence-corrected chi connectivity index (χ2v) is 4.70. The molecule has 0 aliphatic heterocycles. The predicted molar refractivity (Wildman–Crippen MR) is 77.7 cm³/mol. The average molecular weight is 312 g/mol. The summed E-state index contributed by atoms with van der Waals surface area (Å²) in [5, 5.41) is 2.74. The molecular formula is C13H11Cl2N3O2. The number of carbonyl (C=O) groups excluding carboxylic acids is 1. The number of methoxy groups -OCH3 is 1. The smallest absolute Gasteiger partial charge is 0.259 e. The van der Waals surface area contributed by atoms with Gasteiger partial charge >= 0.3 is 0 Å². The summed E-state index contributed by atoms with van der Waals surface area (Å²) in [6.45, 7) is 1.88. The van der Waals surface area contributed by atoms with E-state index in [1.165, 1.54) is 13.4 Å². The number of ether oxygens (including phenoxy) is 1. The summed E-state index contributed by atoms with van der Waals surface area (Å²) >= 11 is 11.8. The van der Waals surface area contributed by atoms with Crippen LogP contribution >= 0.6 is 23.2 Å². The molecule has 0 aliphatic carbocycles. The Balaban J connectivity index is 2.35. The molecule has 2 aromatic rings. The molecule has 5 nitrogen and oxygen atoms in total. The van der Waals surface area contributed by atoms with Gasteiger partial charge in [-0.2, -0.15) is 0 Å². The minimum atomic E-state index is -0.399. The van der Waals surface area contributed by atoms with Crippen LogP contribution in [0.5, 0.6) is 5.75 Å². The normalized spacial score (nSPS) is 10.2. The number of aromatic nitrogens is 2. The van der Waals surface area contributed by atoms with Gasteiger partial charge in [-0.3, -0.25) is 4.79 Å². The van der Waals surface area contributed by atoms with Crippen molar-refractivity contribution in [2.24, 2.45) is 0 Å². The molecule has 0 atom stereocenters. The Labute approximate surface area is 125 Å². The Morgan fingerprint density at radius 1 is 1.25 bits per heavy atom. The van der Waals surface area contributed by atoms with E-state index in [0.29, 0.717) is 11.3 Å². The molecule has 0 radical (unpaired) electrons. The van der Waals surface area contributed by atoms with Gasteiger partial charge in [-0.15, -0.1) is 0 Å². The molecule has 20 heavy (non-hydrogen) atoms. The monoisotopic (exact) mass is 311 g/mol. The molecule has 104 valence electrons. The summed E-state index contributed by atoms with van der Waals surface area (Å²) in [4.78, 5) is 19.8. The third kappa shape index (κ3) is 3.00. The SMILES string of the molecule is COc1ccc(C)cc1C(=O)Nc1c(Cl)ncnc1Cl. The first-order valence-electron chi connectivity index (χ1n) is 5.65. The van der Waals surface area contributed by atoms with E-state index in [4.69, 9.17) is 27.9 Å². The molecule has 0 aliphatic rings. The fourth-order valence-electron chi connectivity index (χ4n) is 1.63. The summed E-state index contributed by atoms with van der Waals surface area (Å²) < 4.78 is 5.16. The second kappa shape index (κ2) is 6.07. The molecule has 1 aromatic carbocycles. The van der Waals surface area contributed by atoms with Crippen molar-refractivity contribution in [3.63, 3.8) is 0 Å². The Bertz CT molecular complexity index is 642. The summed E-state index contributed by atoms with van der Waals surface area (Å²) in [7, 11) is 1.49. The van der Waals surface area contributed by atoms with Crippen LogP contribution in [-0.2, 0) is 0 Å². The van der Waals surface area contributed by atoms with Crippen molar-refractivity contribution in [2.45, 2.75) is 6.92 Å². The molecule has 1 heterocycles. The summed E-state index contributed by atoms with van der Waals surface area (Å²) in [6, 6.07) is 5.27. The van der Waals surface area contributed by atoms with E-state index in [2.05, 4.69) is 15.3 Å². The van der Waals surface area contributed by atoms with Crippen molar-refractivity contribution >= 4 is 34.8 Å². The maximum atomic E-state index is 12.3. The third-order valence-electron chi connectivity index (χ3n) is 2.59. The molecule has 1 aromatic heterocycles. The fraction of sp³-hybridized carbons (Fsp3) is 0.154. The van der Waals surface area contributed by atoms with Gasteiger partial charge in [0.2, 0.25) is 0 Å². The lowest BCUT2D eigenvalue weighted by Crippen LogP contribution is -2.14. The lowest BCUT2D eigenvalue weighted by molar-refractivity contribution is 0.102. The first-order chi connectivity index (χ1) is 9.52. The highest BCUT2D eigenvalue weighted by molar-refractivity contribution is 6.38. The zero-order valence-corrected chi connectivity index (χ0v) is 12.3. The second-order valence-electron chi connectivity index (χ2n) is 3.99. The van der Waals surface area contributed by atoms with Gasteiger partial charge in [0.05, 0.1) is 12.7 Å². The molecule has 1 N–H and O–H groups in total. The Kier molecular flexibility index (Phi) is 4.42. The van der Waals surface area contributed by atoms with Gasteiger partial charge in [-0.05, 0) is 19.1 Å². The van der Waals surface area contributed by atoms with Crippen LogP contribution in [0.25, 0.3) is 0 Å². The van der Waals surface area contributed by atoms with Crippen LogP contribution in [0.15, 0.2) is 24.5 Å². The Hall–Kier alpha value is -1.85. The van der Waals surface area contributed by atoms with E-state index >= 15 is 0 Å². The molecular weight excluding hydrogens is 301 g/mol. The van der Waals surface area contributed by atoms with Crippen LogP contribution in [-0.4, -0.2) is 23.0 Å². The van der Waals surface area contributed by atoms with Crippen molar-refractivity contribution in [1.29, 1.82) is 0 Å². The molecule has 0 fully saturated rings. The molecule has 0 unspecified atom stereocenters. The van der Waals surface area contributed by atoms with E-state index in [9.17, 15) is 4.79 Å². The molecule has 0 saturated heterocycles. The van der Waals surface area contributed by atoms with E-state index in [1.807, 2.05) is 13.0 Å². The van der Waals surface area contributed by atoms with Crippen molar-refractivity contribution in [1.82, 2.24) is 9.97 Å². The largest absolute Gasteiger partial charge is 0.496 e. The Morgan fingerprint density at radius 2 is 1.90 bits per heavy atom. The lowest BCUT2D eigenvalue weighted by atomic mass is 10.1. The van der Waals surface area contributed by atoms with E-state index in [1.54, 1.807) is 12.1 Å². The van der Waals surface area contributed by atoms with E-state index in [-0.39, 0.29) is 16.0 Å². The molecule has 0 bridgehead atoms. The first kappa shape index (κ1) is 14.6. The number of anilines is 1. The number of hydrogen-bond acceptors (Lipinski definition) is 4. The van der Waals surface area contributed by atoms with Crippen LogP contribution < -0.4 is 10.1 Å².